The maximum atomic E-state index is 11.2. The first-order valence-electron chi connectivity index (χ1n) is 4.28. The van der Waals surface area contributed by atoms with Gasteiger partial charge in [-0.05, 0) is 12.5 Å². The number of rotatable bonds is 5. The van der Waals surface area contributed by atoms with Crippen LogP contribution in [0, 0.1) is 0 Å². The van der Waals surface area contributed by atoms with Gasteiger partial charge in [0, 0.05) is 5.75 Å². The van der Waals surface area contributed by atoms with Crippen molar-refractivity contribution in [3.63, 3.8) is 0 Å². The Morgan fingerprint density at radius 2 is 2.07 bits per heavy atom. The van der Waals surface area contributed by atoms with Crippen LogP contribution in [0.3, 0.4) is 0 Å². The topological polar surface area (TPSA) is 49.4 Å². The van der Waals surface area contributed by atoms with Gasteiger partial charge in [0.1, 0.15) is 0 Å². The predicted octanol–water partition coefficient (Wildman–Crippen LogP) is 2.42. The molecule has 0 aliphatic carbocycles. The molecule has 1 rings (SSSR count). The van der Waals surface area contributed by atoms with Crippen LogP contribution in [0.25, 0.3) is 0 Å². The van der Waals surface area contributed by atoms with Gasteiger partial charge in [0.05, 0.1) is 6.61 Å². The van der Waals surface area contributed by atoms with Gasteiger partial charge >= 0.3 is 0 Å². The zero-order chi connectivity index (χ0) is 10.4. The summed E-state index contributed by atoms with van der Waals surface area (Å²) in [6, 6.07) is 9.43. The average Bonchev–Trinajstić information content (AvgIpc) is 2.17. The van der Waals surface area contributed by atoms with Crippen LogP contribution in [0.4, 0.5) is 0 Å². The van der Waals surface area contributed by atoms with E-state index in [-0.39, 0.29) is 6.61 Å². The van der Waals surface area contributed by atoms with E-state index in [1.807, 2.05) is 30.3 Å². The first-order valence-corrected chi connectivity index (χ1v) is 7.41. The van der Waals surface area contributed by atoms with E-state index < -0.39 is 6.80 Å². The van der Waals surface area contributed by atoms with Gasteiger partial charge in [0.2, 0.25) is 0 Å². The Hall–Kier alpha value is -0.280. The molecule has 0 spiro atoms. The molecule has 0 aliphatic rings. The molecule has 0 heterocycles. The first kappa shape index (κ1) is 11.8. The highest BCUT2D eigenvalue weighted by molar-refractivity contribution is 8.53. The van der Waals surface area contributed by atoms with Crippen LogP contribution >= 0.6 is 18.2 Å². The molecule has 14 heavy (non-hydrogen) atoms. The van der Waals surface area contributed by atoms with Gasteiger partial charge in [-0.1, -0.05) is 41.7 Å². The van der Waals surface area contributed by atoms with Crippen molar-refractivity contribution >= 4 is 18.2 Å². The Morgan fingerprint density at radius 3 is 2.64 bits per heavy atom. The van der Waals surface area contributed by atoms with Crippen molar-refractivity contribution in [2.24, 2.45) is 0 Å². The van der Waals surface area contributed by atoms with Crippen LogP contribution < -0.4 is 4.89 Å². The molecule has 0 saturated heterocycles. The molecule has 0 fully saturated rings. The van der Waals surface area contributed by atoms with Crippen molar-refractivity contribution in [2.75, 3.05) is 6.61 Å². The van der Waals surface area contributed by atoms with E-state index in [1.165, 1.54) is 0 Å². The molecule has 78 valence electrons. The molecule has 1 unspecified atom stereocenters. The summed E-state index contributed by atoms with van der Waals surface area (Å²) in [6.07, 6.45) is 0. The highest BCUT2D eigenvalue weighted by Crippen LogP contribution is 2.52. The van der Waals surface area contributed by atoms with Crippen LogP contribution in [0.1, 0.15) is 12.5 Å². The molecule has 0 amide bonds. The summed E-state index contributed by atoms with van der Waals surface area (Å²) in [5.74, 6) is 0.432. The van der Waals surface area contributed by atoms with Gasteiger partial charge in [0.25, 0.3) is 0 Å². The van der Waals surface area contributed by atoms with Gasteiger partial charge in [-0.15, -0.1) is 0 Å². The zero-order valence-electron chi connectivity index (χ0n) is 7.88. The monoisotopic (exact) mass is 231 g/mol. The molecular weight excluding hydrogens is 219 g/mol. The second-order valence-electron chi connectivity index (χ2n) is 2.62. The van der Waals surface area contributed by atoms with Crippen molar-refractivity contribution < 1.29 is 14.0 Å². The summed E-state index contributed by atoms with van der Waals surface area (Å²) >= 11 is 0.834. The SMILES string of the molecule is CCOP(=O)([O-])SCc1ccccc1. The third-order valence-corrected chi connectivity index (χ3v) is 4.52. The predicted molar refractivity (Wildman–Crippen MR) is 57.0 cm³/mol. The Balaban J connectivity index is 2.45. The maximum Gasteiger partial charge on any atom is 0.192 e. The molecule has 1 aromatic rings. The normalized spacial score (nSPS) is 15.0. The van der Waals surface area contributed by atoms with Crippen LogP contribution in [-0.4, -0.2) is 6.61 Å². The average molecular weight is 231 g/mol. The first-order chi connectivity index (χ1) is 6.64. The van der Waals surface area contributed by atoms with Crippen LogP contribution in [0.2, 0.25) is 0 Å². The lowest BCUT2D eigenvalue weighted by molar-refractivity contribution is -0.189. The summed E-state index contributed by atoms with van der Waals surface area (Å²) < 4.78 is 15.8. The Morgan fingerprint density at radius 1 is 1.43 bits per heavy atom. The summed E-state index contributed by atoms with van der Waals surface area (Å²) in [4.78, 5) is 11.2. The summed E-state index contributed by atoms with van der Waals surface area (Å²) in [6.45, 7) is -1.83. The van der Waals surface area contributed by atoms with E-state index in [0.29, 0.717) is 5.75 Å². The van der Waals surface area contributed by atoms with E-state index in [4.69, 9.17) is 0 Å². The molecule has 3 nitrogen and oxygen atoms in total. The molecule has 0 aromatic heterocycles. The molecular formula is C9H12O3PS-. The van der Waals surface area contributed by atoms with E-state index in [2.05, 4.69) is 4.52 Å². The Kier molecular flexibility index (Phi) is 4.69. The van der Waals surface area contributed by atoms with Gasteiger partial charge in [-0.2, -0.15) is 0 Å². The van der Waals surface area contributed by atoms with E-state index in [0.717, 1.165) is 16.9 Å². The van der Waals surface area contributed by atoms with Gasteiger partial charge in [-0.25, -0.2) is 0 Å². The van der Waals surface area contributed by atoms with Crippen molar-refractivity contribution in [3.8, 4) is 0 Å². The molecule has 5 heteroatoms. The minimum atomic E-state index is -3.69. The molecule has 0 bridgehead atoms. The lowest BCUT2D eigenvalue weighted by Crippen LogP contribution is -2.01. The molecule has 1 aromatic carbocycles. The number of hydrogen-bond acceptors (Lipinski definition) is 4. The maximum absolute atomic E-state index is 11.2. The third kappa shape index (κ3) is 4.29. The summed E-state index contributed by atoms with van der Waals surface area (Å²) in [5, 5.41) is 0. The van der Waals surface area contributed by atoms with E-state index in [1.54, 1.807) is 6.92 Å². The zero-order valence-corrected chi connectivity index (χ0v) is 9.59. The summed E-state index contributed by atoms with van der Waals surface area (Å²) in [7, 11) is 0. The molecule has 0 radical (unpaired) electrons. The lowest BCUT2D eigenvalue weighted by Gasteiger charge is -2.21. The smallest absolute Gasteiger partial charge is 0.192 e. The van der Waals surface area contributed by atoms with Crippen LogP contribution in [0.5, 0.6) is 0 Å². The van der Waals surface area contributed by atoms with Crippen LogP contribution in [0.15, 0.2) is 30.3 Å². The quantitative estimate of drug-likeness (QED) is 0.730. The Labute approximate surface area is 87.8 Å². The number of benzene rings is 1. The Bertz CT molecular complexity index is 315. The lowest BCUT2D eigenvalue weighted by atomic mass is 10.2. The minimum Gasteiger partial charge on any atom is -0.770 e. The summed E-state index contributed by atoms with van der Waals surface area (Å²) in [5.41, 5.74) is 0.980. The molecule has 0 N–H and O–H groups in total. The fourth-order valence-corrected chi connectivity index (χ4v) is 3.27. The fourth-order valence-electron chi connectivity index (χ4n) is 0.923. The fraction of sp³-hybridized carbons (Fsp3) is 0.333. The van der Waals surface area contributed by atoms with Crippen molar-refractivity contribution in [1.29, 1.82) is 0 Å². The van der Waals surface area contributed by atoms with Gasteiger partial charge < -0.3 is 9.42 Å². The number of hydrogen-bond donors (Lipinski definition) is 0. The molecule has 0 saturated carbocycles. The van der Waals surface area contributed by atoms with E-state index in [9.17, 15) is 9.46 Å². The second-order valence-corrected chi connectivity index (χ2v) is 6.44. The standard InChI is InChI=1S/C9H13O3PS/c1-2-12-13(10,11)14-8-9-6-4-3-5-7-9/h3-7H,2,8H2,1H3,(H,10,11)/p-1. The molecule has 1 atom stereocenters. The van der Waals surface area contributed by atoms with E-state index >= 15 is 0 Å². The van der Waals surface area contributed by atoms with Crippen molar-refractivity contribution in [1.82, 2.24) is 0 Å². The molecule has 0 aliphatic heterocycles. The highest BCUT2D eigenvalue weighted by Gasteiger charge is 2.07. The highest BCUT2D eigenvalue weighted by atomic mass is 32.7. The van der Waals surface area contributed by atoms with Crippen LogP contribution in [-0.2, 0) is 14.8 Å². The second kappa shape index (κ2) is 5.56. The van der Waals surface area contributed by atoms with Gasteiger partial charge in [0.15, 0.2) is 6.80 Å². The van der Waals surface area contributed by atoms with Gasteiger partial charge in [-0.3, -0.25) is 4.57 Å². The van der Waals surface area contributed by atoms with Crippen molar-refractivity contribution in [3.05, 3.63) is 35.9 Å². The van der Waals surface area contributed by atoms with Crippen molar-refractivity contribution in [2.45, 2.75) is 12.7 Å². The largest absolute Gasteiger partial charge is 0.770 e. The third-order valence-electron chi connectivity index (χ3n) is 1.52. The minimum absolute atomic E-state index is 0.197.